The zero-order valence-corrected chi connectivity index (χ0v) is 21.3. The molecule has 1 aliphatic rings. The third-order valence-electron chi connectivity index (χ3n) is 5.47. The molecule has 0 spiro atoms. The Kier molecular flexibility index (Phi) is 10.5. The van der Waals surface area contributed by atoms with Crippen LogP contribution >= 0.6 is 12.2 Å². The number of hydrogen-bond acceptors (Lipinski definition) is 5. The summed E-state index contributed by atoms with van der Waals surface area (Å²) in [6.07, 6.45) is 2.13. The first kappa shape index (κ1) is 26.2. The van der Waals surface area contributed by atoms with Gasteiger partial charge in [-0.1, -0.05) is 0 Å². The van der Waals surface area contributed by atoms with E-state index in [2.05, 4.69) is 63.4 Å². The zero-order chi connectivity index (χ0) is 23.6. The molecule has 0 aromatic heterocycles. The fourth-order valence-electron chi connectivity index (χ4n) is 3.74. The van der Waals surface area contributed by atoms with Gasteiger partial charge in [0.15, 0.2) is 5.11 Å². The summed E-state index contributed by atoms with van der Waals surface area (Å²) in [5, 5.41) is 6.88. The summed E-state index contributed by atoms with van der Waals surface area (Å²) in [5.74, 6) is 0. The Labute approximate surface area is 199 Å². The molecule has 0 saturated carbocycles. The highest BCUT2D eigenvalue weighted by Crippen LogP contribution is 2.18. The summed E-state index contributed by atoms with van der Waals surface area (Å²) < 4.78 is 5.34. The fourth-order valence-corrected chi connectivity index (χ4v) is 4.04. The van der Waals surface area contributed by atoms with E-state index in [1.165, 1.54) is 18.5 Å². The van der Waals surface area contributed by atoms with Gasteiger partial charge in [0.2, 0.25) is 0 Å². The average Bonchev–Trinajstić information content (AvgIpc) is 3.25. The molecule has 0 unspecified atom stereocenters. The third-order valence-corrected chi connectivity index (χ3v) is 5.83. The molecular weight excluding hydrogens is 422 g/mol. The number of benzene rings is 1. The first-order chi connectivity index (χ1) is 15.2. The lowest BCUT2D eigenvalue weighted by molar-refractivity contribution is 0.0525. The van der Waals surface area contributed by atoms with E-state index in [1.54, 1.807) is 0 Å². The lowest BCUT2D eigenvalue weighted by atomic mass is 10.2. The molecule has 180 valence electrons. The maximum absolute atomic E-state index is 12.0. The summed E-state index contributed by atoms with van der Waals surface area (Å²) in [5.41, 5.74) is 1.67. The maximum atomic E-state index is 12.0. The van der Waals surface area contributed by atoms with Gasteiger partial charge < -0.3 is 30.1 Å². The second kappa shape index (κ2) is 12.8. The number of alkyl carbamates (subject to hydrolysis) is 1. The van der Waals surface area contributed by atoms with Crippen LogP contribution in [0.5, 0.6) is 0 Å². The molecule has 2 N–H and O–H groups in total. The number of thiocarbonyl (C=S) groups is 1. The molecule has 2 rings (SSSR count). The van der Waals surface area contributed by atoms with Crippen LogP contribution in [0.4, 0.5) is 16.2 Å². The van der Waals surface area contributed by atoms with Crippen molar-refractivity contribution in [2.45, 2.75) is 53.1 Å². The van der Waals surface area contributed by atoms with E-state index in [0.717, 1.165) is 45.0 Å². The minimum absolute atomic E-state index is 0.400. The summed E-state index contributed by atoms with van der Waals surface area (Å²) in [6.45, 7) is 17.0. The Morgan fingerprint density at radius 2 is 1.72 bits per heavy atom. The second-order valence-corrected chi connectivity index (χ2v) is 9.50. The van der Waals surface area contributed by atoms with Crippen LogP contribution in [0.1, 0.15) is 47.5 Å². The molecule has 0 aliphatic carbocycles. The standard InChI is InChI=1S/C24H41N5O2S/c1-6-28(7-2)21-12-10-20(11-13-21)26-22(32)29(19-18-27-15-8-9-16-27)17-14-25-23(30)31-24(3,4)5/h10-13H,6-9,14-19H2,1-5H3,(H,25,30)(H,26,32). The van der Waals surface area contributed by atoms with Gasteiger partial charge in [-0.15, -0.1) is 0 Å². The van der Waals surface area contributed by atoms with Gasteiger partial charge in [0.1, 0.15) is 5.60 Å². The number of hydrogen-bond donors (Lipinski definition) is 2. The normalized spacial score (nSPS) is 14.2. The Bertz CT molecular complexity index is 710. The molecular formula is C24H41N5O2S. The predicted octanol–water partition coefficient (Wildman–Crippen LogP) is 4.15. The Hall–Kier alpha value is -2.06. The fraction of sp³-hybridized carbons (Fsp3) is 0.667. The SMILES string of the molecule is CCN(CC)c1ccc(NC(=S)N(CCNC(=O)OC(C)(C)C)CCN2CCCC2)cc1. The molecule has 7 nitrogen and oxygen atoms in total. The number of likely N-dealkylation sites (tertiary alicyclic amines) is 1. The van der Waals surface area contributed by atoms with Crippen LogP contribution in [0, 0.1) is 0 Å². The minimum atomic E-state index is -0.506. The van der Waals surface area contributed by atoms with Gasteiger partial charge in [-0.25, -0.2) is 4.79 Å². The van der Waals surface area contributed by atoms with E-state index < -0.39 is 11.7 Å². The van der Waals surface area contributed by atoms with Crippen molar-refractivity contribution >= 4 is 34.8 Å². The van der Waals surface area contributed by atoms with Crippen LogP contribution in [-0.2, 0) is 4.74 Å². The van der Waals surface area contributed by atoms with Gasteiger partial charge in [0.25, 0.3) is 0 Å². The molecule has 1 aromatic rings. The van der Waals surface area contributed by atoms with Gasteiger partial charge in [-0.05, 0) is 97.0 Å². The third kappa shape index (κ3) is 9.20. The predicted molar refractivity (Wildman–Crippen MR) is 138 cm³/mol. The molecule has 0 bridgehead atoms. The van der Waals surface area contributed by atoms with Crippen LogP contribution in [0.25, 0.3) is 0 Å². The summed E-state index contributed by atoms with van der Waals surface area (Å²) in [7, 11) is 0. The molecule has 1 saturated heterocycles. The molecule has 1 aliphatic heterocycles. The molecule has 8 heteroatoms. The smallest absolute Gasteiger partial charge is 0.407 e. The quantitative estimate of drug-likeness (QED) is 0.506. The number of carbonyl (C=O) groups excluding carboxylic acids is 1. The van der Waals surface area contributed by atoms with Crippen molar-refractivity contribution in [2.75, 3.05) is 62.6 Å². The highest BCUT2D eigenvalue weighted by Gasteiger charge is 2.18. The van der Waals surface area contributed by atoms with Crippen molar-refractivity contribution < 1.29 is 9.53 Å². The van der Waals surface area contributed by atoms with Crippen LogP contribution in [0.2, 0.25) is 0 Å². The molecule has 1 aromatic carbocycles. The van der Waals surface area contributed by atoms with Crippen molar-refractivity contribution in [2.24, 2.45) is 0 Å². The molecule has 1 heterocycles. The van der Waals surface area contributed by atoms with E-state index in [9.17, 15) is 4.79 Å². The van der Waals surface area contributed by atoms with Crippen molar-refractivity contribution in [3.05, 3.63) is 24.3 Å². The lowest BCUT2D eigenvalue weighted by Gasteiger charge is -2.28. The van der Waals surface area contributed by atoms with Gasteiger partial charge in [0.05, 0.1) is 0 Å². The first-order valence-corrected chi connectivity index (χ1v) is 12.2. The van der Waals surface area contributed by atoms with Gasteiger partial charge in [0, 0.05) is 50.6 Å². The monoisotopic (exact) mass is 463 g/mol. The van der Waals surface area contributed by atoms with E-state index in [4.69, 9.17) is 17.0 Å². The summed E-state index contributed by atoms with van der Waals surface area (Å²) in [6, 6.07) is 8.38. The molecule has 0 atom stereocenters. The molecule has 1 fully saturated rings. The van der Waals surface area contributed by atoms with E-state index in [1.807, 2.05) is 20.8 Å². The maximum Gasteiger partial charge on any atom is 0.407 e. The van der Waals surface area contributed by atoms with Gasteiger partial charge in [-0.2, -0.15) is 0 Å². The molecule has 0 radical (unpaired) electrons. The highest BCUT2D eigenvalue weighted by atomic mass is 32.1. The van der Waals surface area contributed by atoms with Crippen LogP contribution in [-0.4, -0.2) is 79.0 Å². The minimum Gasteiger partial charge on any atom is -0.444 e. The van der Waals surface area contributed by atoms with Crippen LogP contribution < -0.4 is 15.5 Å². The summed E-state index contributed by atoms with van der Waals surface area (Å²) in [4.78, 5) is 18.9. The van der Waals surface area contributed by atoms with E-state index >= 15 is 0 Å². The lowest BCUT2D eigenvalue weighted by Crippen LogP contribution is -2.44. The van der Waals surface area contributed by atoms with E-state index in [0.29, 0.717) is 18.2 Å². The number of ether oxygens (including phenoxy) is 1. The van der Waals surface area contributed by atoms with Crippen molar-refractivity contribution in [1.82, 2.24) is 15.1 Å². The number of rotatable bonds is 10. The van der Waals surface area contributed by atoms with Crippen LogP contribution in [0.15, 0.2) is 24.3 Å². The van der Waals surface area contributed by atoms with Gasteiger partial charge in [-0.3, -0.25) is 0 Å². The summed E-state index contributed by atoms with van der Waals surface area (Å²) >= 11 is 5.74. The zero-order valence-electron chi connectivity index (χ0n) is 20.4. The molecule has 32 heavy (non-hydrogen) atoms. The first-order valence-electron chi connectivity index (χ1n) is 11.8. The largest absolute Gasteiger partial charge is 0.444 e. The highest BCUT2D eigenvalue weighted by molar-refractivity contribution is 7.80. The van der Waals surface area contributed by atoms with Crippen molar-refractivity contribution in [1.29, 1.82) is 0 Å². The van der Waals surface area contributed by atoms with Crippen molar-refractivity contribution in [3.8, 4) is 0 Å². The van der Waals surface area contributed by atoms with Crippen LogP contribution in [0.3, 0.4) is 0 Å². The second-order valence-electron chi connectivity index (χ2n) is 9.11. The average molecular weight is 464 g/mol. The Morgan fingerprint density at radius 1 is 1.09 bits per heavy atom. The number of nitrogens with one attached hydrogen (secondary N) is 2. The topological polar surface area (TPSA) is 60.1 Å². The Balaban J connectivity index is 1.93. The number of anilines is 2. The number of amides is 1. The van der Waals surface area contributed by atoms with Gasteiger partial charge >= 0.3 is 6.09 Å². The number of nitrogens with zero attached hydrogens (tertiary/aromatic N) is 3. The number of carbonyl (C=O) groups is 1. The van der Waals surface area contributed by atoms with Crippen molar-refractivity contribution in [3.63, 3.8) is 0 Å². The van der Waals surface area contributed by atoms with E-state index in [-0.39, 0.29) is 0 Å². The molecule has 1 amide bonds. The Morgan fingerprint density at radius 3 is 2.28 bits per heavy atom.